The van der Waals surface area contributed by atoms with Crippen molar-refractivity contribution in [2.45, 2.75) is 38.8 Å². The zero-order valence-electron chi connectivity index (χ0n) is 12.6. The van der Waals surface area contributed by atoms with E-state index in [2.05, 4.69) is 19.2 Å². The molecule has 0 spiro atoms. The molecule has 0 radical (unpaired) electrons. The van der Waals surface area contributed by atoms with E-state index in [1.165, 1.54) is 6.42 Å². The van der Waals surface area contributed by atoms with E-state index in [-0.39, 0.29) is 11.9 Å². The number of carbonyl (C=O) groups excluding carboxylic acids is 1. The van der Waals surface area contributed by atoms with Gasteiger partial charge in [0.05, 0.1) is 7.11 Å². The van der Waals surface area contributed by atoms with E-state index in [1.807, 2.05) is 29.2 Å². The van der Waals surface area contributed by atoms with Crippen molar-refractivity contribution in [2.75, 3.05) is 20.2 Å². The second-order valence-corrected chi connectivity index (χ2v) is 5.57. The van der Waals surface area contributed by atoms with Gasteiger partial charge >= 0.3 is 0 Å². The smallest absolute Gasteiger partial charge is 0.254 e. The number of hydrogen-bond acceptors (Lipinski definition) is 3. The minimum absolute atomic E-state index is 0.0938. The van der Waals surface area contributed by atoms with Gasteiger partial charge in [0, 0.05) is 24.2 Å². The summed E-state index contributed by atoms with van der Waals surface area (Å²) in [5.74, 6) is 0.867. The Kier molecular flexibility index (Phi) is 5.01. The third-order valence-electron chi connectivity index (χ3n) is 3.80. The molecule has 4 nitrogen and oxygen atoms in total. The van der Waals surface area contributed by atoms with Crippen molar-refractivity contribution < 1.29 is 9.53 Å². The van der Waals surface area contributed by atoms with Gasteiger partial charge in [-0.15, -0.1) is 0 Å². The second kappa shape index (κ2) is 6.75. The van der Waals surface area contributed by atoms with Crippen LogP contribution >= 0.6 is 0 Å². The minimum atomic E-state index is 0.0938. The highest BCUT2D eigenvalue weighted by molar-refractivity contribution is 5.94. The first-order chi connectivity index (χ1) is 9.61. The van der Waals surface area contributed by atoms with Gasteiger partial charge in [-0.25, -0.2) is 0 Å². The summed E-state index contributed by atoms with van der Waals surface area (Å²) < 4.78 is 5.13. The maximum Gasteiger partial charge on any atom is 0.254 e. The molecule has 0 aromatic heterocycles. The highest BCUT2D eigenvalue weighted by Crippen LogP contribution is 2.16. The van der Waals surface area contributed by atoms with E-state index >= 15 is 0 Å². The third-order valence-corrected chi connectivity index (χ3v) is 3.80. The van der Waals surface area contributed by atoms with E-state index in [0.717, 1.165) is 30.8 Å². The molecule has 1 aliphatic heterocycles. The Bertz CT molecular complexity index is 436. The van der Waals surface area contributed by atoms with E-state index in [1.54, 1.807) is 7.11 Å². The molecule has 0 bridgehead atoms. The third kappa shape index (κ3) is 3.51. The number of amides is 1. The molecule has 1 N–H and O–H groups in total. The van der Waals surface area contributed by atoms with Crippen LogP contribution in [0.4, 0.5) is 0 Å². The summed E-state index contributed by atoms with van der Waals surface area (Å²) in [5.41, 5.74) is 0.720. The van der Waals surface area contributed by atoms with Gasteiger partial charge in [-0.05, 0) is 57.5 Å². The lowest BCUT2D eigenvalue weighted by Crippen LogP contribution is -2.44. The number of hydrogen-bond donors (Lipinski definition) is 1. The van der Waals surface area contributed by atoms with Gasteiger partial charge in [0.25, 0.3) is 5.91 Å². The highest BCUT2D eigenvalue weighted by Gasteiger charge is 2.24. The number of ether oxygens (including phenoxy) is 1. The van der Waals surface area contributed by atoms with Crippen LogP contribution in [-0.4, -0.2) is 43.1 Å². The molecule has 1 saturated heterocycles. The molecule has 0 saturated carbocycles. The van der Waals surface area contributed by atoms with Gasteiger partial charge in [0.15, 0.2) is 0 Å². The Balaban J connectivity index is 2.08. The van der Waals surface area contributed by atoms with Crippen LogP contribution in [0.5, 0.6) is 5.75 Å². The van der Waals surface area contributed by atoms with Crippen LogP contribution in [0.15, 0.2) is 24.3 Å². The zero-order valence-corrected chi connectivity index (χ0v) is 12.6. The monoisotopic (exact) mass is 276 g/mol. The van der Waals surface area contributed by atoms with Crippen molar-refractivity contribution in [1.82, 2.24) is 10.2 Å². The zero-order chi connectivity index (χ0) is 14.5. The fraction of sp³-hybridized carbons (Fsp3) is 0.562. The highest BCUT2D eigenvalue weighted by atomic mass is 16.5. The number of carbonyl (C=O) groups is 1. The van der Waals surface area contributed by atoms with E-state index in [4.69, 9.17) is 4.74 Å². The maximum atomic E-state index is 12.6. The summed E-state index contributed by atoms with van der Waals surface area (Å²) in [7, 11) is 1.63. The molecule has 20 heavy (non-hydrogen) atoms. The molecule has 4 heteroatoms. The molecule has 1 unspecified atom stereocenters. The Morgan fingerprint density at radius 1 is 1.40 bits per heavy atom. The van der Waals surface area contributed by atoms with Gasteiger partial charge in [-0.1, -0.05) is 0 Å². The minimum Gasteiger partial charge on any atom is -0.497 e. The molecule has 0 aliphatic carbocycles. The molecular formula is C16H24N2O2. The number of benzene rings is 1. The Labute approximate surface area is 121 Å². The van der Waals surface area contributed by atoms with Crippen LogP contribution in [0.2, 0.25) is 0 Å². The lowest BCUT2D eigenvalue weighted by Gasteiger charge is -2.29. The van der Waals surface area contributed by atoms with Crippen LogP contribution in [0.1, 0.15) is 37.0 Å². The van der Waals surface area contributed by atoms with Crippen LogP contribution in [0.25, 0.3) is 0 Å². The topological polar surface area (TPSA) is 41.6 Å². The first-order valence-electron chi connectivity index (χ1n) is 7.30. The predicted molar refractivity (Wildman–Crippen MR) is 80.2 cm³/mol. The molecule has 110 valence electrons. The second-order valence-electron chi connectivity index (χ2n) is 5.57. The van der Waals surface area contributed by atoms with Crippen LogP contribution in [0, 0.1) is 0 Å². The van der Waals surface area contributed by atoms with Crippen molar-refractivity contribution in [2.24, 2.45) is 0 Å². The molecule has 2 rings (SSSR count). The van der Waals surface area contributed by atoms with Crippen molar-refractivity contribution in [3.05, 3.63) is 29.8 Å². The first kappa shape index (κ1) is 14.9. The largest absolute Gasteiger partial charge is 0.497 e. The quantitative estimate of drug-likeness (QED) is 0.897. The summed E-state index contributed by atoms with van der Waals surface area (Å²) in [5, 5.41) is 3.45. The molecule has 1 aliphatic rings. The molecule has 1 aromatic carbocycles. The van der Waals surface area contributed by atoms with E-state index in [9.17, 15) is 4.79 Å². The Morgan fingerprint density at radius 2 is 2.10 bits per heavy atom. The predicted octanol–water partition coefficient (Wildman–Crippen LogP) is 2.30. The standard InChI is InChI=1S/C16H24N2O2/c1-12(2)18(11-14-5-4-10-17-14)16(19)13-6-8-15(20-3)9-7-13/h6-9,12,14,17H,4-5,10-11H2,1-3H3. The number of rotatable bonds is 5. The lowest BCUT2D eigenvalue weighted by molar-refractivity contribution is 0.0689. The molecule has 1 atom stereocenters. The summed E-state index contributed by atoms with van der Waals surface area (Å²) in [6, 6.07) is 7.96. The number of nitrogens with zero attached hydrogens (tertiary/aromatic N) is 1. The molecule has 1 heterocycles. The summed E-state index contributed by atoms with van der Waals surface area (Å²) >= 11 is 0. The van der Waals surface area contributed by atoms with Crippen molar-refractivity contribution in [3.63, 3.8) is 0 Å². The van der Waals surface area contributed by atoms with Crippen molar-refractivity contribution >= 4 is 5.91 Å². The van der Waals surface area contributed by atoms with Gasteiger partial charge in [-0.3, -0.25) is 4.79 Å². The number of methoxy groups -OCH3 is 1. The van der Waals surface area contributed by atoms with Crippen molar-refractivity contribution in [1.29, 1.82) is 0 Å². The molecular weight excluding hydrogens is 252 g/mol. The van der Waals surface area contributed by atoms with Gasteiger partial charge < -0.3 is 15.0 Å². The Hall–Kier alpha value is -1.55. The average molecular weight is 276 g/mol. The van der Waals surface area contributed by atoms with Gasteiger partial charge in [0.1, 0.15) is 5.75 Å². The average Bonchev–Trinajstić information content (AvgIpc) is 2.97. The summed E-state index contributed by atoms with van der Waals surface area (Å²) in [4.78, 5) is 14.6. The van der Waals surface area contributed by atoms with Gasteiger partial charge in [-0.2, -0.15) is 0 Å². The first-order valence-corrected chi connectivity index (χ1v) is 7.30. The van der Waals surface area contributed by atoms with Crippen LogP contribution in [0.3, 0.4) is 0 Å². The van der Waals surface area contributed by atoms with Crippen LogP contribution in [-0.2, 0) is 0 Å². The molecule has 1 aromatic rings. The van der Waals surface area contributed by atoms with Crippen LogP contribution < -0.4 is 10.1 Å². The normalized spacial score (nSPS) is 18.3. The van der Waals surface area contributed by atoms with E-state index in [0.29, 0.717) is 6.04 Å². The maximum absolute atomic E-state index is 12.6. The van der Waals surface area contributed by atoms with Gasteiger partial charge in [0.2, 0.25) is 0 Å². The number of nitrogens with one attached hydrogen (secondary N) is 1. The lowest BCUT2D eigenvalue weighted by atomic mass is 10.1. The molecule has 1 amide bonds. The summed E-state index contributed by atoms with van der Waals surface area (Å²) in [6.45, 7) is 5.97. The fourth-order valence-corrected chi connectivity index (χ4v) is 2.58. The SMILES string of the molecule is COc1ccc(C(=O)N(CC2CCCN2)C(C)C)cc1. The molecule has 1 fully saturated rings. The van der Waals surface area contributed by atoms with E-state index < -0.39 is 0 Å². The fourth-order valence-electron chi connectivity index (χ4n) is 2.58. The summed E-state index contributed by atoms with van der Waals surface area (Å²) in [6.07, 6.45) is 2.35. The Morgan fingerprint density at radius 3 is 2.60 bits per heavy atom. The van der Waals surface area contributed by atoms with Crippen molar-refractivity contribution in [3.8, 4) is 5.75 Å².